The van der Waals surface area contributed by atoms with E-state index in [4.69, 9.17) is 4.74 Å². The number of hydrogen-bond acceptors (Lipinski definition) is 6. The van der Waals surface area contributed by atoms with Gasteiger partial charge in [-0.15, -0.1) is 11.3 Å². The number of nitrogens with zero attached hydrogens (tertiary/aromatic N) is 2. The quantitative estimate of drug-likeness (QED) is 0.642. The maximum atomic E-state index is 13.3. The molecule has 2 fully saturated rings. The number of methoxy groups -OCH3 is 1. The lowest BCUT2D eigenvalue weighted by molar-refractivity contribution is -0.133. The predicted molar refractivity (Wildman–Crippen MR) is 126 cm³/mol. The molecule has 3 heterocycles. The molecule has 2 amide bonds. The summed E-state index contributed by atoms with van der Waals surface area (Å²) in [5, 5.41) is 4.79. The third-order valence-corrected chi connectivity index (χ3v) is 9.16. The van der Waals surface area contributed by atoms with E-state index in [0.29, 0.717) is 49.6 Å². The number of amides is 2. The van der Waals surface area contributed by atoms with Gasteiger partial charge in [0.25, 0.3) is 5.91 Å². The number of piperidine rings is 1. The molecule has 2 aliphatic heterocycles. The number of hydrogen-bond donors (Lipinski definition) is 1. The van der Waals surface area contributed by atoms with Crippen LogP contribution in [0, 0.1) is 5.92 Å². The Bertz CT molecular complexity index is 1060. The van der Waals surface area contributed by atoms with Gasteiger partial charge >= 0.3 is 0 Å². The summed E-state index contributed by atoms with van der Waals surface area (Å²) in [7, 11) is -2.10. The fourth-order valence-electron chi connectivity index (χ4n) is 4.48. The van der Waals surface area contributed by atoms with Crippen molar-refractivity contribution in [2.75, 3.05) is 33.3 Å². The van der Waals surface area contributed by atoms with E-state index >= 15 is 0 Å². The second kappa shape index (κ2) is 10.2. The van der Waals surface area contributed by atoms with Gasteiger partial charge in [0, 0.05) is 26.2 Å². The van der Waals surface area contributed by atoms with Gasteiger partial charge in [0.05, 0.1) is 16.9 Å². The summed E-state index contributed by atoms with van der Waals surface area (Å²) in [5.74, 6) is 0.159. The third-order valence-electron chi connectivity index (χ3n) is 6.38. The van der Waals surface area contributed by atoms with Crippen LogP contribution in [0.1, 0.15) is 35.4 Å². The summed E-state index contributed by atoms with van der Waals surface area (Å²) >= 11 is 1.33. The van der Waals surface area contributed by atoms with Crippen molar-refractivity contribution in [2.45, 2.75) is 36.6 Å². The van der Waals surface area contributed by atoms with E-state index in [0.717, 1.165) is 12.8 Å². The van der Waals surface area contributed by atoms with E-state index in [1.807, 2.05) is 10.3 Å². The van der Waals surface area contributed by atoms with Crippen LogP contribution >= 0.6 is 11.3 Å². The minimum absolute atomic E-state index is 0.0612. The molecule has 0 radical (unpaired) electrons. The van der Waals surface area contributed by atoms with Crippen molar-refractivity contribution in [1.82, 2.24) is 14.5 Å². The molecule has 1 N–H and O–H groups in total. The molecule has 4 rings (SSSR count). The Hall–Kier alpha value is -2.43. The summed E-state index contributed by atoms with van der Waals surface area (Å²) in [6.07, 6.45) is 2.94. The smallest absolute Gasteiger partial charge is 0.262 e. The van der Waals surface area contributed by atoms with Crippen LogP contribution in [0.2, 0.25) is 0 Å². The van der Waals surface area contributed by atoms with E-state index < -0.39 is 16.1 Å². The number of likely N-dealkylation sites (tertiary alicyclic amines) is 1. The van der Waals surface area contributed by atoms with E-state index in [1.54, 1.807) is 36.4 Å². The molecule has 0 spiro atoms. The number of benzene rings is 1. The molecule has 1 aromatic heterocycles. The average molecular weight is 492 g/mol. The minimum atomic E-state index is -3.63. The average Bonchev–Trinajstić information content (AvgIpc) is 3.57. The highest BCUT2D eigenvalue weighted by Crippen LogP contribution is 2.28. The van der Waals surface area contributed by atoms with Crippen molar-refractivity contribution in [1.29, 1.82) is 0 Å². The Morgan fingerprint density at radius 3 is 2.30 bits per heavy atom. The maximum absolute atomic E-state index is 13.3. The Labute approximate surface area is 198 Å². The fraction of sp³-hybridized carbons (Fsp3) is 0.478. The van der Waals surface area contributed by atoms with Crippen LogP contribution < -0.4 is 10.1 Å². The highest BCUT2D eigenvalue weighted by atomic mass is 32.2. The molecule has 1 aromatic carbocycles. The molecule has 2 aliphatic rings. The lowest BCUT2D eigenvalue weighted by atomic mass is 9.89. The SMILES string of the molecule is COc1ccc(S(=O)(=O)N2CCC([C@H](NC(=O)c3cccs3)C(=O)N3CCCC3)CC2)cc1. The Morgan fingerprint density at radius 2 is 1.73 bits per heavy atom. The van der Waals surface area contributed by atoms with Crippen LogP contribution in [-0.2, 0) is 14.8 Å². The molecular weight excluding hydrogens is 462 g/mol. The first-order chi connectivity index (χ1) is 15.9. The van der Waals surface area contributed by atoms with Crippen LogP contribution in [0.3, 0.4) is 0 Å². The normalized spacial score (nSPS) is 18.8. The van der Waals surface area contributed by atoms with Crippen molar-refractivity contribution in [3.63, 3.8) is 0 Å². The van der Waals surface area contributed by atoms with E-state index in [2.05, 4.69) is 5.32 Å². The van der Waals surface area contributed by atoms with E-state index in [1.165, 1.54) is 22.8 Å². The van der Waals surface area contributed by atoms with Crippen molar-refractivity contribution < 1.29 is 22.7 Å². The lowest BCUT2D eigenvalue weighted by Crippen LogP contribution is -2.54. The van der Waals surface area contributed by atoms with Gasteiger partial charge in [-0.3, -0.25) is 9.59 Å². The van der Waals surface area contributed by atoms with Crippen LogP contribution in [0.4, 0.5) is 0 Å². The molecular formula is C23H29N3O5S2. The van der Waals surface area contributed by atoms with Crippen LogP contribution in [0.25, 0.3) is 0 Å². The van der Waals surface area contributed by atoms with Gasteiger partial charge in [0.2, 0.25) is 15.9 Å². The number of thiophene rings is 1. The summed E-state index contributed by atoms with van der Waals surface area (Å²) in [4.78, 5) is 28.6. The number of carbonyl (C=O) groups excluding carboxylic acids is 2. The molecule has 0 aliphatic carbocycles. The van der Waals surface area contributed by atoms with E-state index in [-0.39, 0.29) is 22.6 Å². The highest BCUT2D eigenvalue weighted by molar-refractivity contribution is 7.89. The monoisotopic (exact) mass is 491 g/mol. The first-order valence-corrected chi connectivity index (χ1v) is 13.5. The zero-order valence-corrected chi connectivity index (χ0v) is 20.2. The maximum Gasteiger partial charge on any atom is 0.262 e. The molecule has 0 saturated carbocycles. The first kappa shape index (κ1) is 23.7. The lowest BCUT2D eigenvalue weighted by Gasteiger charge is -2.36. The standard InChI is InChI=1S/C23H29N3O5S2/c1-31-18-6-8-19(9-7-18)33(29,30)26-14-10-17(11-15-26)21(23(28)25-12-2-3-13-25)24-22(27)20-5-4-16-32-20/h4-9,16-17,21H,2-3,10-15H2,1H3,(H,24,27)/t21-/m0/s1. The highest BCUT2D eigenvalue weighted by Gasteiger charge is 2.38. The number of carbonyl (C=O) groups is 2. The predicted octanol–water partition coefficient (Wildman–Crippen LogP) is 2.58. The molecule has 8 nitrogen and oxygen atoms in total. The largest absolute Gasteiger partial charge is 0.497 e. The Kier molecular flexibility index (Phi) is 7.35. The van der Waals surface area contributed by atoms with Crippen molar-refractivity contribution >= 4 is 33.2 Å². The number of rotatable bonds is 7. The summed E-state index contributed by atoms with van der Waals surface area (Å²) < 4.78 is 32.7. The minimum Gasteiger partial charge on any atom is -0.497 e. The zero-order valence-electron chi connectivity index (χ0n) is 18.6. The number of ether oxygens (including phenoxy) is 1. The van der Waals surface area contributed by atoms with Crippen LogP contribution in [0.5, 0.6) is 5.75 Å². The Morgan fingerprint density at radius 1 is 1.06 bits per heavy atom. The second-order valence-corrected chi connectivity index (χ2v) is 11.3. The van der Waals surface area contributed by atoms with Gasteiger partial charge < -0.3 is 15.0 Å². The van der Waals surface area contributed by atoms with Gasteiger partial charge in [-0.25, -0.2) is 8.42 Å². The van der Waals surface area contributed by atoms with Gasteiger partial charge in [-0.2, -0.15) is 4.31 Å². The second-order valence-electron chi connectivity index (χ2n) is 8.38. The van der Waals surface area contributed by atoms with Gasteiger partial charge in [0.1, 0.15) is 11.8 Å². The number of sulfonamides is 1. The first-order valence-electron chi connectivity index (χ1n) is 11.2. The molecule has 2 saturated heterocycles. The van der Waals surface area contributed by atoms with Crippen LogP contribution in [0.15, 0.2) is 46.7 Å². The third kappa shape index (κ3) is 5.23. The molecule has 1 atom stereocenters. The molecule has 33 heavy (non-hydrogen) atoms. The van der Waals surface area contributed by atoms with Gasteiger partial charge in [0.15, 0.2) is 0 Å². The summed E-state index contributed by atoms with van der Waals surface area (Å²) in [5.41, 5.74) is 0. The zero-order chi connectivity index (χ0) is 23.4. The van der Waals surface area contributed by atoms with Crippen molar-refractivity contribution in [3.8, 4) is 5.75 Å². The molecule has 0 bridgehead atoms. The molecule has 10 heteroatoms. The van der Waals surface area contributed by atoms with Gasteiger partial charge in [-0.1, -0.05) is 6.07 Å². The molecule has 0 unspecified atom stereocenters. The summed E-state index contributed by atoms with van der Waals surface area (Å²) in [6.45, 7) is 2.01. The van der Waals surface area contributed by atoms with Crippen molar-refractivity contribution in [2.24, 2.45) is 5.92 Å². The molecule has 178 valence electrons. The van der Waals surface area contributed by atoms with Gasteiger partial charge in [-0.05, 0) is 67.3 Å². The topological polar surface area (TPSA) is 96.0 Å². The Balaban J connectivity index is 1.46. The fourth-order valence-corrected chi connectivity index (χ4v) is 6.58. The van der Waals surface area contributed by atoms with Crippen LogP contribution in [-0.4, -0.2) is 68.8 Å². The van der Waals surface area contributed by atoms with E-state index in [9.17, 15) is 18.0 Å². The number of nitrogens with one attached hydrogen (secondary N) is 1. The van der Waals surface area contributed by atoms with Crippen molar-refractivity contribution in [3.05, 3.63) is 46.7 Å². The molecule has 2 aromatic rings. The summed E-state index contributed by atoms with van der Waals surface area (Å²) in [6, 6.07) is 9.24.